The first-order valence-corrected chi connectivity index (χ1v) is 7.87. The monoisotopic (exact) mass is 335 g/mol. The van der Waals surface area contributed by atoms with Gasteiger partial charge in [-0.05, 0) is 42.2 Å². The number of hydrogen-bond donors (Lipinski definition) is 1. The van der Waals surface area contributed by atoms with E-state index in [1.807, 2.05) is 36.6 Å². The van der Waals surface area contributed by atoms with Crippen LogP contribution in [-0.4, -0.2) is 12.2 Å². The SMILES string of the molecule is CSc1ccc(CNC(=O)c2cccc(Br)c2)cc1. The number of amides is 1. The predicted octanol–water partition coefficient (Wildman–Crippen LogP) is 4.10. The molecule has 2 aromatic rings. The van der Waals surface area contributed by atoms with Crippen LogP contribution in [-0.2, 0) is 6.54 Å². The molecule has 0 unspecified atom stereocenters. The highest BCUT2D eigenvalue weighted by Crippen LogP contribution is 2.15. The van der Waals surface area contributed by atoms with E-state index in [4.69, 9.17) is 0 Å². The van der Waals surface area contributed by atoms with Crippen LogP contribution in [0, 0.1) is 0 Å². The second kappa shape index (κ2) is 6.78. The summed E-state index contributed by atoms with van der Waals surface area (Å²) in [7, 11) is 0. The fourth-order valence-electron chi connectivity index (χ4n) is 1.66. The van der Waals surface area contributed by atoms with Crippen molar-refractivity contribution < 1.29 is 4.79 Å². The molecule has 2 nitrogen and oxygen atoms in total. The zero-order chi connectivity index (χ0) is 13.7. The Morgan fingerprint density at radius 3 is 2.58 bits per heavy atom. The van der Waals surface area contributed by atoms with Crippen LogP contribution in [0.5, 0.6) is 0 Å². The summed E-state index contributed by atoms with van der Waals surface area (Å²) in [4.78, 5) is 13.2. The van der Waals surface area contributed by atoms with Crippen molar-refractivity contribution in [2.24, 2.45) is 0 Å². The molecule has 0 radical (unpaired) electrons. The maximum absolute atomic E-state index is 12.0. The van der Waals surface area contributed by atoms with Crippen LogP contribution in [0.15, 0.2) is 57.9 Å². The summed E-state index contributed by atoms with van der Waals surface area (Å²) in [6, 6.07) is 15.6. The van der Waals surface area contributed by atoms with E-state index in [1.165, 1.54) is 4.90 Å². The lowest BCUT2D eigenvalue weighted by molar-refractivity contribution is 0.0951. The summed E-state index contributed by atoms with van der Waals surface area (Å²) in [5.41, 5.74) is 1.76. The zero-order valence-corrected chi connectivity index (χ0v) is 12.9. The first kappa shape index (κ1) is 14.2. The second-order valence-electron chi connectivity index (χ2n) is 4.04. The molecule has 0 spiro atoms. The fourth-order valence-corrected chi connectivity index (χ4v) is 2.46. The molecule has 0 atom stereocenters. The Bertz CT molecular complexity index is 569. The van der Waals surface area contributed by atoms with E-state index in [-0.39, 0.29) is 5.91 Å². The summed E-state index contributed by atoms with van der Waals surface area (Å²) in [5, 5.41) is 2.91. The van der Waals surface area contributed by atoms with E-state index < -0.39 is 0 Å². The number of carbonyl (C=O) groups is 1. The Morgan fingerprint density at radius 2 is 1.95 bits per heavy atom. The van der Waals surface area contributed by atoms with Crippen molar-refractivity contribution in [2.45, 2.75) is 11.4 Å². The van der Waals surface area contributed by atoms with E-state index >= 15 is 0 Å². The molecule has 1 N–H and O–H groups in total. The molecule has 0 fully saturated rings. The first-order chi connectivity index (χ1) is 9.19. The average molecular weight is 336 g/mol. The quantitative estimate of drug-likeness (QED) is 0.852. The number of thioether (sulfide) groups is 1. The van der Waals surface area contributed by atoms with Crippen LogP contribution in [0.25, 0.3) is 0 Å². The van der Waals surface area contributed by atoms with E-state index in [1.54, 1.807) is 17.8 Å². The Balaban J connectivity index is 1.96. The van der Waals surface area contributed by atoms with Crippen LogP contribution in [0.3, 0.4) is 0 Å². The highest BCUT2D eigenvalue weighted by Gasteiger charge is 2.05. The van der Waals surface area contributed by atoms with Crippen molar-refractivity contribution in [3.8, 4) is 0 Å². The zero-order valence-electron chi connectivity index (χ0n) is 10.5. The molecular weight excluding hydrogens is 322 g/mol. The van der Waals surface area contributed by atoms with Crippen molar-refractivity contribution in [3.63, 3.8) is 0 Å². The molecule has 0 bridgehead atoms. The number of hydrogen-bond acceptors (Lipinski definition) is 2. The smallest absolute Gasteiger partial charge is 0.251 e. The summed E-state index contributed by atoms with van der Waals surface area (Å²) < 4.78 is 0.907. The Morgan fingerprint density at radius 1 is 1.21 bits per heavy atom. The lowest BCUT2D eigenvalue weighted by Gasteiger charge is -2.06. The van der Waals surface area contributed by atoms with E-state index in [0.717, 1.165) is 10.0 Å². The van der Waals surface area contributed by atoms with Crippen LogP contribution in [0.2, 0.25) is 0 Å². The number of nitrogens with one attached hydrogen (secondary N) is 1. The van der Waals surface area contributed by atoms with Crippen molar-refractivity contribution in [1.82, 2.24) is 5.32 Å². The number of benzene rings is 2. The van der Waals surface area contributed by atoms with Gasteiger partial charge in [0.15, 0.2) is 0 Å². The van der Waals surface area contributed by atoms with Crippen molar-refractivity contribution in [2.75, 3.05) is 6.26 Å². The predicted molar refractivity (Wildman–Crippen MR) is 83.5 cm³/mol. The number of carbonyl (C=O) groups excluding carboxylic acids is 1. The number of halogens is 1. The van der Waals surface area contributed by atoms with Gasteiger partial charge >= 0.3 is 0 Å². The Kier molecular flexibility index (Phi) is 5.05. The molecule has 0 heterocycles. The van der Waals surface area contributed by atoms with Gasteiger partial charge in [-0.15, -0.1) is 11.8 Å². The van der Waals surface area contributed by atoms with E-state index in [0.29, 0.717) is 12.1 Å². The Hall–Kier alpha value is -1.26. The first-order valence-electron chi connectivity index (χ1n) is 5.86. The molecule has 1 amide bonds. The highest BCUT2D eigenvalue weighted by atomic mass is 79.9. The maximum atomic E-state index is 12.0. The van der Waals surface area contributed by atoms with Gasteiger partial charge in [-0.2, -0.15) is 0 Å². The van der Waals surface area contributed by atoms with Gasteiger partial charge in [0.05, 0.1) is 0 Å². The molecule has 2 rings (SSSR count). The van der Waals surface area contributed by atoms with Crippen LogP contribution < -0.4 is 5.32 Å². The molecule has 2 aromatic carbocycles. The van der Waals surface area contributed by atoms with Gasteiger partial charge in [0.1, 0.15) is 0 Å². The van der Waals surface area contributed by atoms with Crippen molar-refractivity contribution in [1.29, 1.82) is 0 Å². The number of rotatable bonds is 4. The molecule has 0 saturated carbocycles. The van der Waals surface area contributed by atoms with Crippen LogP contribution in [0.1, 0.15) is 15.9 Å². The van der Waals surface area contributed by atoms with Gasteiger partial charge < -0.3 is 5.32 Å². The minimum absolute atomic E-state index is 0.0600. The third kappa shape index (κ3) is 4.11. The normalized spacial score (nSPS) is 10.2. The van der Waals surface area contributed by atoms with Gasteiger partial charge in [0.2, 0.25) is 0 Å². The third-order valence-electron chi connectivity index (χ3n) is 2.70. The van der Waals surface area contributed by atoms with Gasteiger partial charge in [0, 0.05) is 21.5 Å². The third-order valence-corrected chi connectivity index (χ3v) is 3.94. The summed E-state index contributed by atoms with van der Waals surface area (Å²) >= 11 is 5.07. The molecule has 0 aromatic heterocycles. The summed E-state index contributed by atoms with van der Waals surface area (Å²) in [5.74, 6) is -0.0600. The molecule has 4 heteroatoms. The molecule has 98 valence electrons. The lowest BCUT2D eigenvalue weighted by Crippen LogP contribution is -2.22. The average Bonchev–Trinajstić information content (AvgIpc) is 2.45. The molecule has 0 aliphatic carbocycles. The van der Waals surface area contributed by atoms with Crippen molar-refractivity contribution >= 4 is 33.6 Å². The van der Waals surface area contributed by atoms with Crippen LogP contribution in [0.4, 0.5) is 0 Å². The topological polar surface area (TPSA) is 29.1 Å². The molecular formula is C15H14BrNOS. The minimum atomic E-state index is -0.0600. The standard InChI is InChI=1S/C15H14BrNOS/c1-19-14-7-5-11(6-8-14)10-17-15(18)12-3-2-4-13(16)9-12/h2-9H,10H2,1H3,(H,17,18). The summed E-state index contributed by atoms with van der Waals surface area (Å²) in [6.45, 7) is 0.542. The van der Waals surface area contributed by atoms with Crippen LogP contribution >= 0.6 is 27.7 Å². The van der Waals surface area contributed by atoms with E-state index in [9.17, 15) is 4.79 Å². The maximum Gasteiger partial charge on any atom is 0.251 e. The lowest BCUT2D eigenvalue weighted by atomic mass is 10.2. The highest BCUT2D eigenvalue weighted by molar-refractivity contribution is 9.10. The Labute approximate surface area is 125 Å². The fraction of sp³-hybridized carbons (Fsp3) is 0.133. The van der Waals surface area contributed by atoms with E-state index in [2.05, 4.69) is 33.4 Å². The van der Waals surface area contributed by atoms with Gasteiger partial charge in [-0.25, -0.2) is 0 Å². The molecule has 0 saturated heterocycles. The molecule has 19 heavy (non-hydrogen) atoms. The minimum Gasteiger partial charge on any atom is -0.348 e. The van der Waals surface area contributed by atoms with Gasteiger partial charge in [-0.1, -0.05) is 34.1 Å². The van der Waals surface area contributed by atoms with Gasteiger partial charge in [0.25, 0.3) is 5.91 Å². The largest absolute Gasteiger partial charge is 0.348 e. The summed E-state index contributed by atoms with van der Waals surface area (Å²) in [6.07, 6.45) is 2.05. The second-order valence-corrected chi connectivity index (χ2v) is 5.84. The molecule has 0 aliphatic heterocycles. The van der Waals surface area contributed by atoms with Gasteiger partial charge in [-0.3, -0.25) is 4.79 Å². The van der Waals surface area contributed by atoms with Crippen molar-refractivity contribution in [3.05, 3.63) is 64.1 Å². The molecule has 0 aliphatic rings.